The van der Waals surface area contributed by atoms with Gasteiger partial charge in [0, 0.05) is 30.3 Å². The molecular weight excluding hydrogens is 346 g/mol. The Morgan fingerprint density at radius 1 is 1.48 bits per heavy atom. The minimum Gasteiger partial charge on any atom is -0.497 e. The number of nitrogens with one attached hydrogen (secondary N) is 1. The fourth-order valence-corrected chi connectivity index (χ4v) is 4.50. The van der Waals surface area contributed by atoms with Gasteiger partial charge >= 0.3 is 0 Å². The van der Waals surface area contributed by atoms with Crippen LogP contribution in [0, 0.1) is 22.0 Å². The van der Waals surface area contributed by atoms with Crippen LogP contribution in [-0.4, -0.2) is 36.2 Å². The molecule has 0 amide bonds. The van der Waals surface area contributed by atoms with Crippen molar-refractivity contribution in [3.63, 3.8) is 0 Å². The summed E-state index contributed by atoms with van der Waals surface area (Å²) in [7, 11) is 1.67. The van der Waals surface area contributed by atoms with Crippen LogP contribution in [0.3, 0.4) is 0 Å². The molecule has 7 nitrogen and oxygen atoms in total. The summed E-state index contributed by atoms with van der Waals surface area (Å²) in [6.07, 6.45) is 5.79. The van der Waals surface area contributed by atoms with Crippen molar-refractivity contribution >= 4 is 10.9 Å². The lowest BCUT2D eigenvalue weighted by Gasteiger charge is -2.50. The minimum absolute atomic E-state index is 0.191. The fraction of sp³-hybridized carbons (Fsp3) is 0.450. The maximum Gasteiger partial charge on any atom is 0.211 e. The first kappa shape index (κ1) is 19.3. The monoisotopic (exact) mass is 371 g/mol. The molecule has 4 heterocycles. The first-order chi connectivity index (χ1) is 13.1. The largest absolute Gasteiger partial charge is 0.497 e. The molecule has 7 heteroatoms. The Morgan fingerprint density at radius 3 is 2.89 bits per heavy atom. The number of ether oxygens (including phenoxy) is 1. The van der Waals surface area contributed by atoms with E-state index in [2.05, 4.69) is 22.5 Å². The summed E-state index contributed by atoms with van der Waals surface area (Å²) in [6, 6.07) is 8.15. The number of methoxy groups -OCH3 is 1. The van der Waals surface area contributed by atoms with Gasteiger partial charge in [-0.2, -0.15) is 0 Å². The molecule has 0 saturated carbocycles. The van der Waals surface area contributed by atoms with Gasteiger partial charge in [0.2, 0.25) is 5.52 Å². The van der Waals surface area contributed by atoms with Gasteiger partial charge in [0.1, 0.15) is 5.75 Å². The van der Waals surface area contributed by atoms with E-state index in [1.165, 1.54) is 6.42 Å². The number of aromatic amines is 1. The van der Waals surface area contributed by atoms with E-state index in [4.69, 9.17) is 14.9 Å². The van der Waals surface area contributed by atoms with E-state index in [1.807, 2.05) is 30.5 Å². The van der Waals surface area contributed by atoms with Gasteiger partial charge in [-0.25, -0.2) is 4.98 Å². The zero-order chi connectivity index (χ0) is 19.4. The summed E-state index contributed by atoms with van der Waals surface area (Å²) in [4.78, 5) is 13.7. The molecule has 5 rings (SSSR count). The SMILES string of the molecule is C=CC1CN2CCC1CC2[C@@H](O)c1cc[nH+]c2ccc(OC)cc12.O=N[O-]. The Balaban J connectivity index is 0.000000659. The van der Waals surface area contributed by atoms with Gasteiger partial charge in [-0.1, -0.05) is 6.08 Å². The highest BCUT2D eigenvalue weighted by Gasteiger charge is 2.42. The molecule has 3 fully saturated rings. The Bertz CT molecular complexity index is 813. The third-order valence-electron chi connectivity index (χ3n) is 5.88. The molecule has 1 aromatic carbocycles. The molecule has 0 radical (unpaired) electrons. The fourth-order valence-electron chi connectivity index (χ4n) is 4.50. The number of nitrogens with zero attached hydrogens (tertiary/aromatic N) is 2. The van der Waals surface area contributed by atoms with E-state index in [-0.39, 0.29) is 6.04 Å². The van der Waals surface area contributed by atoms with Gasteiger partial charge in [-0.05, 0) is 43.4 Å². The summed E-state index contributed by atoms with van der Waals surface area (Å²) >= 11 is 0. The zero-order valence-corrected chi connectivity index (χ0v) is 15.4. The quantitative estimate of drug-likeness (QED) is 0.506. The molecule has 4 unspecified atom stereocenters. The number of piperidine rings is 3. The van der Waals surface area contributed by atoms with Crippen molar-refractivity contribution < 1.29 is 14.8 Å². The smallest absolute Gasteiger partial charge is 0.211 e. The van der Waals surface area contributed by atoms with Crippen LogP contribution < -0.4 is 9.72 Å². The van der Waals surface area contributed by atoms with Crippen LogP contribution in [0.2, 0.25) is 0 Å². The number of hydrogen-bond acceptors (Lipinski definition) is 6. The van der Waals surface area contributed by atoms with E-state index >= 15 is 0 Å². The number of benzene rings is 1. The highest BCUT2D eigenvalue weighted by Crippen LogP contribution is 2.42. The molecule has 27 heavy (non-hydrogen) atoms. The van der Waals surface area contributed by atoms with E-state index in [1.54, 1.807) is 7.11 Å². The second-order valence-corrected chi connectivity index (χ2v) is 7.11. The number of aromatic nitrogens is 1. The van der Waals surface area contributed by atoms with E-state index in [9.17, 15) is 5.11 Å². The van der Waals surface area contributed by atoms with Crippen molar-refractivity contribution in [1.29, 1.82) is 0 Å². The third-order valence-corrected chi connectivity index (χ3v) is 5.88. The lowest BCUT2D eigenvalue weighted by molar-refractivity contribution is -0.344. The van der Waals surface area contributed by atoms with Gasteiger partial charge in [-0.3, -0.25) is 4.90 Å². The maximum atomic E-state index is 11.2. The topological polar surface area (TPSA) is 99.3 Å². The highest BCUT2D eigenvalue weighted by molar-refractivity contribution is 5.81. The van der Waals surface area contributed by atoms with Crippen molar-refractivity contribution in [2.75, 3.05) is 20.2 Å². The Morgan fingerprint density at radius 2 is 2.26 bits per heavy atom. The normalized spacial score (nSPS) is 27.3. The molecule has 2 aromatic rings. The summed E-state index contributed by atoms with van der Waals surface area (Å²) in [5, 5.41) is 21.2. The predicted molar refractivity (Wildman–Crippen MR) is 103 cm³/mol. The van der Waals surface area contributed by atoms with E-state index < -0.39 is 6.10 Å². The van der Waals surface area contributed by atoms with Crippen LogP contribution in [0.25, 0.3) is 10.9 Å². The molecule has 144 valence electrons. The Kier molecular flexibility index (Phi) is 6.03. The van der Waals surface area contributed by atoms with Crippen LogP contribution in [0.1, 0.15) is 24.5 Å². The van der Waals surface area contributed by atoms with Crippen molar-refractivity contribution in [2.24, 2.45) is 17.2 Å². The lowest BCUT2D eigenvalue weighted by atomic mass is 9.73. The van der Waals surface area contributed by atoms with E-state index in [0.29, 0.717) is 11.8 Å². The number of fused-ring (bicyclic) bond motifs is 4. The maximum absolute atomic E-state index is 11.2. The van der Waals surface area contributed by atoms with E-state index in [0.717, 1.165) is 47.1 Å². The number of hydrogen-bond donors (Lipinski definition) is 1. The van der Waals surface area contributed by atoms with Crippen molar-refractivity contribution in [3.05, 3.63) is 58.8 Å². The zero-order valence-electron chi connectivity index (χ0n) is 15.4. The average Bonchev–Trinajstić information content (AvgIpc) is 2.73. The summed E-state index contributed by atoms with van der Waals surface area (Å²) in [5.41, 5.74) is 2.00. The van der Waals surface area contributed by atoms with Gasteiger partial charge in [0.05, 0.1) is 18.6 Å². The average molecular weight is 371 g/mol. The van der Waals surface area contributed by atoms with Crippen LogP contribution in [0.15, 0.2) is 48.5 Å². The van der Waals surface area contributed by atoms with Gasteiger partial charge in [0.25, 0.3) is 0 Å². The molecule has 3 aliphatic heterocycles. The van der Waals surface area contributed by atoms with Crippen molar-refractivity contribution in [2.45, 2.75) is 25.0 Å². The van der Waals surface area contributed by atoms with Gasteiger partial charge < -0.3 is 20.0 Å². The third kappa shape index (κ3) is 3.79. The molecule has 1 aromatic heterocycles. The Hall–Kier alpha value is -2.51. The van der Waals surface area contributed by atoms with Crippen molar-refractivity contribution in [1.82, 2.24) is 4.90 Å². The molecule has 0 spiro atoms. The molecule has 3 aliphatic rings. The predicted octanol–water partition coefficient (Wildman–Crippen LogP) is 2.84. The van der Waals surface area contributed by atoms with Gasteiger partial charge in [-0.15, -0.1) is 11.9 Å². The first-order valence-electron chi connectivity index (χ1n) is 9.11. The number of H-pyrrole nitrogens is 1. The Labute approximate surface area is 158 Å². The minimum atomic E-state index is -0.484. The number of pyridine rings is 1. The van der Waals surface area contributed by atoms with Crippen LogP contribution in [-0.2, 0) is 0 Å². The number of aliphatic hydroxyl groups is 1. The highest BCUT2D eigenvalue weighted by atomic mass is 16.6. The standard InChI is InChI=1S/C20H24N2O2.HNO2/c1-3-13-12-22-9-7-14(13)10-19(22)20(23)16-6-8-21-18-5-4-15(24-2)11-17(16)18;2-1-3/h3-6,8,11,13-14,19-20,23H,1,7,9-10,12H2,2H3;(H,2,3)/t13?,14?,19?,20-;/m0./s1. The molecule has 3 saturated heterocycles. The summed E-state index contributed by atoms with van der Waals surface area (Å²) in [5.74, 6) is 2.04. The first-order valence-corrected chi connectivity index (χ1v) is 9.11. The molecule has 2 N–H and O–H groups in total. The van der Waals surface area contributed by atoms with Crippen molar-refractivity contribution in [3.8, 4) is 5.75 Å². The second kappa shape index (κ2) is 8.45. The molecule has 0 aliphatic carbocycles. The van der Waals surface area contributed by atoms with Gasteiger partial charge in [0.15, 0.2) is 6.20 Å². The van der Waals surface area contributed by atoms with Crippen LogP contribution >= 0.6 is 0 Å². The second-order valence-electron chi connectivity index (χ2n) is 7.11. The van der Waals surface area contributed by atoms with Crippen LogP contribution in [0.5, 0.6) is 5.75 Å². The lowest BCUT2D eigenvalue weighted by Crippen LogP contribution is -2.54. The molecular formula is C20H25N3O4. The number of rotatable bonds is 4. The number of aliphatic hydroxyl groups excluding tert-OH is 1. The van der Waals surface area contributed by atoms with Crippen LogP contribution in [0.4, 0.5) is 0 Å². The molecule has 5 atom stereocenters. The summed E-state index contributed by atoms with van der Waals surface area (Å²) < 4.78 is 5.36. The molecule has 2 bridgehead atoms. The summed E-state index contributed by atoms with van der Waals surface area (Å²) in [6.45, 7) is 6.09.